The molecule has 2 fully saturated rings. The maximum absolute atomic E-state index is 12.4. The van der Waals surface area contributed by atoms with Gasteiger partial charge in [-0.3, -0.25) is 4.79 Å². The number of amides is 2. The van der Waals surface area contributed by atoms with Crippen LogP contribution in [0.15, 0.2) is 23.2 Å². The van der Waals surface area contributed by atoms with Gasteiger partial charge in [-0.05, 0) is 45.4 Å². The van der Waals surface area contributed by atoms with E-state index in [9.17, 15) is 18.0 Å². The lowest BCUT2D eigenvalue weighted by Crippen LogP contribution is -2.39. The van der Waals surface area contributed by atoms with E-state index in [0.717, 1.165) is 5.56 Å². The molecule has 1 aromatic rings. The maximum atomic E-state index is 12.4. The second-order valence-corrected chi connectivity index (χ2v) is 12.0. The quantitative estimate of drug-likeness (QED) is 0.719. The first-order valence-electron chi connectivity index (χ1n) is 9.35. The lowest BCUT2D eigenvalue weighted by molar-refractivity contribution is -0.117. The Bertz CT molecular complexity index is 1000. The van der Waals surface area contributed by atoms with Crippen molar-refractivity contribution in [3.05, 3.63) is 28.8 Å². The molecule has 0 saturated carbocycles. The minimum absolute atomic E-state index is 0.0139. The Hall–Kier alpha value is -1.78. The standard InChI is InChI=1S/C19H24ClN3O5S2/c1-11-5-6-12(20)7-13(11)23-14-9-30(26,27)10-15(14)29-17(23)22-16(24)8-21-18(25)28-19(2,3)4/h5-7,14-15H,8-10H2,1-4H3,(H,21,25). The number of thioether (sulfide) groups is 1. The van der Waals surface area contributed by atoms with Gasteiger partial charge in [-0.2, -0.15) is 4.99 Å². The minimum Gasteiger partial charge on any atom is -0.444 e. The first-order valence-corrected chi connectivity index (χ1v) is 12.4. The molecule has 2 unspecified atom stereocenters. The van der Waals surface area contributed by atoms with E-state index in [4.69, 9.17) is 16.3 Å². The third kappa shape index (κ3) is 5.47. The largest absolute Gasteiger partial charge is 0.444 e. The summed E-state index contributed by atoms with van der Waals surface area (Å²) in [7, 11) is -3.17. The summed E-state index contributed by atoms with van der Waals surface area (Å²) in [6.45, 7) is 6.73. The molecule has 2 amide bonds. The lowest BCUT2D eigenvalue weighted by Gasteiger charge is -2.26. The molecule has 0 bridgehead atoms. The van der Waals surface area contributed by atoms with Gasteiger partial charge in [-0.25, -0.2) is 13.2 Å². The van der Waals surface area contributed by atoms with Crippen LogP contribution in [0.1, 0.15) is 26.3 Å². The average molecular weight is 474 g/mol. The van der Waals surface area contributed by atoms with Crippen molar-refractivity contribution in [3.8, 4) is 0 Å². The Morgan fingerprint density at radius 1 is 1.33 bits per heavy atom. The smallest absolute Gasteiger partial charge is 0.408 e. The Labute approximate surface area is 185 Å². The van der Waals surface area contributed by atoms with E-state index in [1.165, 1.54) is 11.8 Å². The van der Waals surface area contributed by atoms with Gasteiger partial charge in [0.15, 0.2) is 15.0 Å². The second kappa shape index (κ2) is 8.39. The number of amidine groups is 1. The zero-order valence-electron chi connectivity index (χ0n) is 17.1. The second-order valence-electron chi connectivity index (χ2n) is 8.24. The summed E-state index contributed by atoms with van der Waals surface area (Å²) < 4.78 is 29.4. The van der Waals surface area contributed by atoms with Crippen LogP contribution in [0.4, 0.5) is 10.5 Å². The number of hydrogen-bond donors (Lipinski definition) is 1. The first kappa shape index (κ1) is 22.9. The number of nitrogens with one attached hydrogen (secondary N) is 1. The Morgan fingerprint density at radius 2 is 2.03 bits per heavy atom. The minimum atomic E-state index is -3.17. The zero-order chi connectivity index (χ0) is 22.3. The van der Waals surface area contributed by atoms with Crippen molar-refractivity contribution in [2.24, 2.45) is 4.99 Å². The molecule has 1 aromatic carbocycles. The van der Waals surface area contributed by atoms with Crippen LogP contribution in [0.25, 0.3) is 0 Å². The van der Waals surface area contributed by atoms with Crippen molar-refractivity contribution in [2.75, 3.05) is 23.0 Å². The van der Waals surface area contributed by atoms with Crippen molar-refractivity contribution >= 4 is 56.1 Å². The van der Waals surface area contributed by atoms with E-state index >= 15 is 0 Å². The summed E-state index contributed by atoms with van der Waals surface area (Å²) in [5.74, 6) is -0.544. The summed E-state index contributed by atoms with van der Waals surface area (Å²) in [6, 6.07) is 4.99. The average Bonchev–Trinajstić information content (AvgIpc) is 3.04. The summed E-state index contributed by atoms with van der Waals surface area (Å²) >= 11 is 7.43. The van der Waals surface area contributed by atoms with E-state index in [1.807, 2.05) is 13.0 Å². The SMILES string of the molecule is Cc1ccc(Cl)cc1N1C(=NC(=O)CNC(=O)OC(C)(C)C)SC2CS(=O)(=O)CC21. The molecule has 164 valence electrons. The fraction of sp³-hybridized carbons (Fsp3) is 0.526. The molecule has 0 spiro atoms. The number of alkyl carbamates (subject to hydrolysis) is 1. The highest BCUT2D eigenvalue weighted by atomic mass is 35.5. The molecule has 8 nitrogen and oxygen atoms in total. The van der Waals surface area contributed by atoms with E-state index in [2.05, 4.69) is 10.3 Å². The molecule has 2 heterocycles. The number of benzene rings is 1. The number of fused-ring (bicyclic) bond motifs is 1. The molecule has 3 rings (SSSR count). The first-order chi connectivity index (χ1) is 13.8. The number of nitrogens with zero attached hydrogens (tertiary/aromatic N) is 2. The van der Waals surface area contributed by atoms with Crippen molar-refractivity contribution in [1.29, 1.82) is 0 Å². The van der Waals surface area contributed by atoms with Gasteiger partial charge in [0.2, 0.25) is 0 Å². The summed E-state index contributed by atoms with van der Waals surface area (Å²) in [6.07, 6.45) is -0.708. The highest BCUT2D eigenvalue weighted by Crippen LogP contribution is 2.42. The van der Waals surface area contributed by atoms with Crippen molar-refractivity contribution in [3.63, 3.8) is 0 Å². The fourth-order valence-electron chi connectivity index (χ4n) is 3.30. The molecular weight excluding hydrogens is 450 g/mol. The van der Waals surface area contributed by atoms with Crippen molar-refractivity contribution in [1.82, 2.24) is 5.32 Å². The normalized spacial score (nSPS) is 24.0. The van der Waals surface area contributed by atoms with Gasteiger partial charge < -0.3 is 15.0 Å². The fourth-order valence-corrected chi connectivity index (χ4v) is 7.39. The van der Waals surface area contributed by atoms with Crippen LogP contribution in [-0.4, -0.2) is 60.5 Å². The van der Waals surface area contributed by atoms with Gasteiger partial charge in [0.05, 0.1) is 17.5 Å². The molecule has 0 aromatic heterocycles. The van der Waals surface area contributed by atoms with Crippen LogP contribution in [0.3, 0.4) is 0 Å². The van der Waals surface area contributed by atoms with E-state index in [0.29, 0.717) is 15.9 Å². The number of halogens is 1. The van der Waals surface area contributed by atoms with Gasteiger partial charge in [-0.1, -0.05) is 29.4 Å². The van der Waals surface area contributed by atoms with Gasteiger partial charge in [0.25, 0.3) is 5.91 Å². The third-order valence-corrected chi connectivity index (χ3v) is 7.95. The van der Waals surface area contributed by atoms with Gasteiger partial charge in [0.1, 0.15) is 12.1 Å². The Morgan fingerprint density at radius 3 is 2.70 bits per heavy atom. The van der Waals surface area contributed by atoms with Gasteiger partial charge in [-0.15, -0.1) is 0 Å². The van der Waals surface area contributed by atoms with Crippen LogP contribution < -0.4 is 10.2 Å². The number of ether oxygens (including phenoxy) is 1. The zero-order valence-corrected chi connectivity index (χ0v) is 19.5. The number of carbonyl (C=O) groups is 2. The lowest BCUT2D eigenvalue weighted by atomic mass is 10.1. The third-order valence-electron chi connectivity index (χ3n) is 4.50. The summed E-state index contributed by atoms with van der Waals surface area (Å²) in [5.41, 5.74) is 0.924. The highest BCUT2D eigenvalue weighted by molar-refractivity contribution is 8.16. The van der Waals surface area contributed by atoms with E-state index in [-0.39, 0.29) is 29.3 Å². The summed E-state index contributed by atoms with van der Waals surface area (Å²) in [4.78, 5) is 30.1. The van der Waals surface area contributed by atoms with Crippen LogP contribution in [0, 0.1) is 6.92 Å². The highest BCUT2D eigenvalue weighted by Gasteiger charge is 2.49. The molecule has 11 heteroatoms. The molecule has 30 heavy (non-hydrogen) atoms. The monoisotopic (exact) mass is 473 g/mol. The number of hydrogen-bond acceptors (Lipinski definition) is 6. The topological polar surface area (TPSA) is 105 Å². The number of aliphatic imine (C=N–C) groups is 1. The van der Waals surface area contributed by atoms with Gasteiger partial charge >= 0.3 is 6.09 Å². The summed E-state index contributed by atoms with van der Waals surface area (Å²) in [5, 5.41) is 3.07. The van der Waals surface area contributed by atoms with Crippen LogP contribution in [-0.2, 0) is 19.4 Å². The van der Waals surface area contributed by atoms with Crippen LogP contribution in [0.5, 0.6) is 0 Å². The molecule has 2 saturated heterocycles. The molecule has 2 aliphatic rings. The number of anilines is 1. The molecule has 0 aliphatic carbocycles. The number of rotatable bonds is 3. The maximum Gasteiger partial charge on any atom is 0.408 e. The van der Waals surface area contributed by atoms with Crippen LogP contribution in [0.2, 0.25) is 5.02 Å². The van der Waals surface area contributed by atoms with Crippen molar-refractivity contribution < 1.29 is 22.7 Å². The number of carbonyl (C=O) groups excluding carboxylic acids is 2. The molecular formula is C19H24ClN3O5S2. The molecule has 1 N–H and O–H groups in total. The molecule has 2 atom stereocenters. The van der Waals surface area contributed by atoms with Gasteiger partial charge in [0, 0.05) is 16.0 Å². The Balaban J connectivity index is 1.83. The predicted octanol–water partition coefficient (Wildman–Crippen LogP) is 2.77. The predicted molar refractivity (Wildman–Crippen MR) is 119 cm³/mol. The number of aryl methyl sites for hydroxylation is 1. The van der Waals surface area contributed by atoms with E-state index < -0.39 is 27.4 Å². The number of sulfone groups is 1. The Kier molecular flexibility index (Phi) is 6.41. The van der Waals surface area contributed by atoms with Crippen molar-refractivity contribution in [2.45, 2.75) is 44.6 Å². The van der Waals surface area contributed by atoms with Crippen LogP contribution >= 0.6 is 23.4 Å². The van der Waals surface area contributed by atoms with E-state index in [1.54, 1.807) is 37.8 Å². The molecule has 2 aliphatic heterocycles. The molecule has 0 radical (unpaired) electrons.